The molecular formula is C15H16BrNO2S. The van der Waals surface area contributed by atoms with E-state index in [-0.39, 0.29) is 5.75 Å². The Kier molecular flexibility index (Phi) is 4.96. The maximum atomic E-state index is 12.0. The van der Waals surface area contributed by atoms with Gasteiger partial charge in [-0.05, 0) is 30.2 Å². The van der Waals surface area contributed by atoms with Gasteiger partial charge in [0.1, 0.15) is 0 Å². The van der Waals surface area contributed by atoms with Crippen LogP contribution in [-0.4, -0.2) is 8.42 Å². The highest BCUT2D eigenvalue weighted by molar-refractivity contribution is 9.10. The van der Waals surface area contributed by atoms with Crippen molar-refractivity contribution in [3.8, 4) is 0 Å². The van der Waals surface area contributed by atoms with Gasteiger partial charge in [0.2, 0.25) is 10.0 Å². The molecule has 0 aliphatic heterocycles. The van der Waals surface area contributed by atoms with Gasteiger partial charge in [-0.3, -0.25) is 0 Å². The Balaban J connectivity index is 1.99. The summed E-state index contributed by atoms with van der Waals surface area (Å²) in [5.74, 6) is -0.00784. The molecule has 0 saturated carbocycles. The van der Waals surface area contributed by atoms with Crippen LogP contribution in [0, 0.1) is 6.92 Å². The fourth-order valence-electron chi connectivity index (χ4n) is 1.87. The average Bonchev–Trinajstić information content (AvgIpc) is 2.39. The molecule has 0 spiro atoms. The molecule has 0 amide bonds. The van der Waals surface area contributed by atoms with E-state index >= 15 is 0 Å². The zero-order valence-electron chi connectivity index (χ0n) is 11.1. The molecule has 0 aliphatic carbocycles. The van der Waals surface area contributed by atoms with Gasteiger partial charge in [0.15, 0.2) is 0 Å². The van der Waals surface area contributed by atoms with E-state index in [0.717, 1.165) is 21.2 Å². The van der Waals surface area contributed by atoms with Crippen molar-refractivity contribution in [2.75, 3.05) is 0 Å². The number of aryl methyl sites for hydroxylation is 1. The van der Waals surface area contributed by atoms with Gasteiger partial charge >= 0.3 is 0 Å². The topological polar surface area (TPSA) is 46.2 Å². The quantitative estimate of drug-likeness (QED) is 0.895. The molecule has 0 bridgehead atoms. The molecule has 106 valence electrons. The maximum absolute atomic E-state index is 12.0. The minimum atomic E-state index is -3.32. The Morgan fingerprint density at radius 1 is 1.05 bits per heavy atom. The van der Waals surface area contributed by atoms with Gasteiger partial charge in [0.25, 0.3) is 0 Å². The molecule has 2 aromatic carbocycles. The van der Waals surface area contributed by atoms with Gasteiger partial charge in [-0.25, -0.2) is 13.1 Å². The first kappa shape index (κ1) is 15.2. The van der Waals surface area contributed by atoms with Gasteiger partial charge in [0.05, 0.1) is 5.75 Å². The second kappa shape index (κ2) is 6.52. The SMILES string of the molecule is Cc1cccc(CNS(=O)(=O)Cc2ccc(Br)cc2)c1. The smallest absolute Gasteiger partial charge is 0.212 e. The van der Waals surface area contributed by atoms with Crippen LogP contribution in [0.5, 0.6) is 0 Å². The van der Waals surface area contributed by atoms with Crippen LogP contribution >= 0.6 is 15.9 Å². The summed E-state index contributed by atoms with van der Waals surface area (Å²) in [5.41, 5.74) is 2.85. The van der Waals surface area contributed by atoms with E-state index < -0.39 is 10.0 Å². The van der Waals surface area contributed by atoms with Gasteiger partial charge in [-0.15, -0.1) is 0 Å². The molecule has 0 atom stereocenters. The summed E-state index contributed by atoms with van der Waals surface area (Å²) in [6, 6.07) is 15.1. The normalized spacial score (nSPS) is 11.5. The van der Waals surface area contributed by atoms with Crippen molar-refractivity contribution < 1.29 is 8.42 Å². The van der Waals surface area contributed by atoms with E-state index in [0.29, 0.717) is 6.54 Å². The summed E-state index contributed by atoms with van der Waals surface area (Å²) < 4.78 is 27.6. The van der Waals surface area contributed by atoms with Crippen molar-refractivity contribution >= 4 is 26.0 Å². The summed E-state index contributed by atoms with van der Waals surface area (Å²) in [6.45, 7) is 2.31. The lowest BCUT2D eigenvalue weighted by Gasteiger charge is -2.07. The highest BCUT2D eigenvalue weighted by atomic mass is 79.9. The monoisotopic (exact) mass is 353 g/mol. The fourth-order valence-corrected chi connectivity index (χ4v) is 3.25. The first-order valence-corrected chi connectivity index (χ1v) is 8.66. The van der Waals surface area contributed by atoms with Crippen LogP contribution in [0.3, 0.4) is 0 Å². The van der Waals surface area contributed by atoms with Crippen molar-refractivity contribution in [2.45, 2.75) is 19.2 Å². The van der Waals surface area contributed by atoms with Gasteiger partial charge < -0.3 is 0 Å². The first-order chi connectivity index (χ1) is 9.44. The van der Waals surface area contributed by atoms with E-state index in [1.54, 1.807) is 12.1 Å². The maximum Gasteiger partial charge on any atom is 0.216 e. The van der Waals surface area contributed by atoms with Gasteiger partial charge in [-0.2, -0.15) is 0 Å². The predicted molar refractivity (Wildman–Crippen MR) is 84.8 cm³/mol. The molecule has 0 saturated heterocycles. The number of hydrogen-bond donors (Lipinski definition) is 1. The van der Waals surface area contributed by atoms with Gasteiger partial charge in [-0.1, -0.05) is 57.9 Å². The molecule has 1 N–H and O–H groups in total. The van der Waals surface area contributed by atoms with E-state index in [4.69, 9.17) is 0 Å². The lowest BCUT2D eigenvalue weighted by Crippen LogP contribution is -2.24. The van der Waals surface area contributed by atoms with Crippen LogP contribution in [0.2, 0.25) is 0 Å². The molecule has 2 rings (SSSR count). The molecule has 3 nitrogen and oxygen atoms in total. The van der Waals surface area contributed by atoms with Crippen LogP contribution in [-0.2, 0) is 22.3 Å². The minimum absolute atomic E-state index is 0.00784. The molecule has 0 heterocycles. The van der Waals surface area contributed by atoms with Crippen molar-refractivity contribution in [1.29, 1.82) is 0 Å². The number of hydrogen-bond acceptors (Lipinski definition) is 2. The second-order valence-corrected chi connectivity index (χ2v) is 7.42. The number of nitrogens with one attached hydrogen (secondary N) is 1. The zero-order chi connectivity index (χ0) is 14.6. The number of benzene rings is 2. The van der Waals surface area contributed by atoms with Crippen molar-refractivity contribution in [3.05, 3.63) is 69.7 Å². The van der Waals surface area contributed by atoms with Gasteiger partial charge in [0, 0.05) is 11.0 Å². The highest BCUT2D eigenvalue weighted by Gasteiger charge is 2.11. The Morgan fingerprint density at radius 2 is 1.75 bits per heavy atom. The van der Waals surface area contributed by atoms with Crippen LogP contribution in [0.15, 0.2) is 53.0 Å². The number of sulfonamides is 1. The Bertz CT molecular complexity index is 681. The van der Waals surface area contributed by atoms with Crippen LogP contribution in [0.25, 0.3) is 0 Å². The molecule has 0 unspecified atom stereocenters. The largest absolute Gasteiger partial charge is 0.216 e. The summed E-state index contributed by atoms with van der Waals surface area (Å²) >= 11 is 3.33. The third-order valence-corrected chi connectivity index (χ3v) is 4.67. The summed E-state index contributed by atoms with van der Waals surface area (Å²) in [5, 5.41) is 0. The number of halogens is 1. The molecule has 0 aromatic heterocycles. The third-order valence-electron chi connectivity index (χ3n) is 2.85. The second-order valence-electron chi connectivity index (χ2n) is 4.70. The molecule has 0 fully saturated rings. The van der Waals surface area contributed by atoms with Crippen molar-refractivity contribution in [1.82, 2.24) is 4.72 Å². The highest BCUT2D eigenvalue weighted by Crippen LogP contribution is 2.12. The molecule has 0 radical (unpaired) electrons. The summed E-state index contributed by atoms with van der Waals surface area (Å²) in [6.07, 6.45) is 0. The molecule has 0 aliphatic rings. The van der Waals surface area contributed by atoms with Crippen molar-refractivity contribution in [2.24, 2.45) is 0 Å². The van der Waals surface area contributed by atoms with E-state index in [9.17, 15) is 8.42 Å². The molecule has 5 heteroatoms. The minimum Gasteiger partial charge on any atom is -0.212 e. The van der Waals surface area contributed by atoms with Crippen LogP contribution in [0.4, 0.5) is 0 Å². The first-order valence-electron chi connectivity index (χ1n) is 6.22. The van der Waals surface area contributed by atoms with Crippen LogP contribution in [0.1, 0.15) is 16.7 Å². The standard InChI is InChI=1S/C15H16BrNO2S/c1-12-3-2-4-14(9-12)10-17-20(18,19)11-13-5-7-15(16)8-6-13/h2-9,17H,10-11H2,1H3. The van der Waals surface area contributed by atoms with Crippen molar-refractivity contribution in [3.63, 3.8) is 0 Å². The van der Waals surface area contributed by atoms with E-state index in [1.807, 2.05) is 43.3 Å². The molecule has 20 heavy (non-hydrogen) atoms. The number of rotatable bonds is 5. The lowest BCUT2D eigenvalue weighted by molar-refractivity contribution is 0.580. The lowest BCUT2D eigenvalue weighted by atomic mass is 10.1. The predicted octanol–water partition coefficient (Wildman–Crippen LogP) is 3.38. The molecule has 2 aromatic rings. The Morgan fingerprint density at radius 3 is 2.40 bits per heavy atom. The zero-order valence-corrected chi connectivity index (χ0v) is 13.5. The van der Waals surface area contributed by atoms with Crippen LogP contribution < -0.4 is 4.72 Å². The summed E-state index contributed by atoms with van der Waals surface area (Å²) in [7, 11) is -3.32. The third kappa shape index (κ3) is 4.74. The summed E-state index contributed by atoms with van der Waals surface area (Å²) in [4.78, 5) is 0. The Hall–Kier alpha value is -1.17. The van der Waals surface area contributed by atoms with E-state index in [1.165, 1.54) is 0 Å². The Labute approximate surface area is 128 Å². The fraction of sp³-hybridized carbons (Fsp3) is 0.200. The molecular weight excluding hydrogens is 338 g/mol. The average molecular weight is 354 g/mol. The van der Waals surface area contributed by atoms with E-state index in [2.05, 4.69) is 20.7 Å².